The summed E-state index contributed by atoms with van der Waals surface area (Å²) in [7, 11) is 1.51. The molecule has 0 aromatic heterocycles. The highest BCUT2D eigenvalue weighted by Gasteiger charge is 2.38. The molecular formula is C12H14N2O3. The number of hydrogen-bond acceptors (Lipinski definition) is 3. The maximum Gasteiger partial charge on any atom is 0.329 e. The molecule has 0 aliphatic carbocycles. The quantitative estimate of drug-likeness (QED) is 0.807. The number of nitrogens with zero attached hydrogens (tertiary/aromatic N) is 1. The van der Waals surface area contributed by atoms with Crippen LogP contribution in [0.4, 0.5) is 10.5 Å². The fraction of sp³-hybridized carbons (Fsp3) is 0.333. The Labute approximate surface area is 99.4 Å². The highest BCUT2D eigenvalue weighted by Crippen LogP contribution is 2.30. The van der Waals surface area contributed by atoms with E-state index in [4.69, 9.17) is 4.74 Å². The minimum Gasteiger partial charge on any atom is -0.495 e. The Morgan fingerprint density at radius 2 is 2.06 bits per heavy atom. The summed E-state index contributed by atoms with van der Waals surface area (Å²) in [5, 5.41) is 2.64. The number of benzene rings is 1. The predicted molar refractivity (Wildman–Crippen MR) is 63.1 cm³/mol. The molecule has 0 spiro atoms. The van der Waals surface area contributed by atoms with Gasteiger partial charge in [0.1, 0.15) is 11.8 Å². The van der Waals surface area contributed by atoms with Crippen molar-refractivity contribution in [1.29, 1.82) is 0 Å². The van der Waals surface area contributed by atoms with Crippen molar-refractivity contribution in [3.8, 4) is 5.75 Å². The summed E-state index contributed by atoms with van der Waals surface area (Å²) in [6, 6.07) is 6.12. The molecular weight excluding hydrogens is 220 g/mol. The summed E-state index contributed by atoms with van der Waals surface area (Å²) in [6.07, 6.45) is 0.580. The topological polar surface area (TPSA) is 58.6 Å². The van der Waals surface area contributed by atoms with Gasteiger partial charge in [0.25, 0.3) is 5.91 Å². The number of anilines is 1. The van der Waals surface area contributed by atoms with E-state index in [0.717, 1.165) is 4.90 Å². The summed E-state index contributed by atoms with van der Waals surface area (Å²) >= 11 is 0. The van der Waals surface area contributed by atoms with E-state index in [9.17, 15) is 9.59 Å². The van der Waals surface area contributed by atoms with E-state index in [1.165, 1.54) is 7.11 Å². The number of carbonyl (C=O) groups is 2. The van der Waals surface area contributed by atoms with Crippen molar-refractivity contribution in [2.75, 3.05) is 12.0 Å². The van der Waals surface area contributed by atoms with Crippen molar-refractivity contribution in [3.05, 3.63) is 24.3 Å². The summed E-state index contributed by atoms with van der Waals surface area (Å²) in [5.41, 5.74) is 0.480. The minimum absolute atomic E-state index is 0.234. The lowest BCUT2D eigenvalue weighted by Crippen LogP contribution is -2.31. The van der Waals surface area contributed by atoms with E-state index in [2.05, 4.69) is 5.32 Å². The summed E-state index contributed by atoms with van der Waals surface area (Å²) in [4.78, 5) is 24.9. The van der Waals surface area contributed by atoms with Crippen molar-refractivity contribution in [1.82, 2.24) is 5.32 Å². The molecule has 1 saturated heterocycles. The first-order valence-corrected chi connectivity index (χ1v) is 5.46. The van der Waals surface area contributed by atoms with E-state index < -0.39 is 12.1 Å². The lowest BCUT2D eigenvalue weighted by molar-refractivity contribution is -0.118. The predicted octanol–water partition coefficient (Wildman–Crippen LogP) is 1.53. The van der Waals surface area contributed by atoms with Crippen molar-refractivity contribution >= 4 is 17.6 Å². The van der Waals surface area contributed by atoms with Crippen LogP contribution in [0.3, 0.4) is 0 Å². The molecule has 1 aromatic rings. The molecule has 1 aliphatic heterocycles. The Hall–Kier alpha value is -2.04. The average Bonchev–Trinajstić information content (AvgIpc) is 2.64. The van der Waals surface area contributed by atoms with E-state index in [-0.39, 0.29) is 5.91 Å². The summed E-state index contributed by atoms with van der Waals surface area (Å²) < 4.78 is 5.15. The first kappa shape index (κ1) is 11.4. The van der Waals surface area contributed by atoms with Crippen molar-refractivity contribution in [3.63, 3.8) is 0 Å². The molecule has 5 nitrogen and oxygen atoms in total. The molecule has 3 amide bonds. The van der Waals surface area contributed by atoms with Crippen LogP contribution in [0, 0.1) is 0 Å². The van der Waals surface area contributed by atoms with Gasteiger partial charge in [-0.3, -0.25) is 4.79 Å². The first-order valence-electron chi connectivity index (χ1n) is 5.46. The number of methoxy groups -OCH3 is 1. The Morgan fingerprint density at radius 3 is 2.65 bits per heavy atom. The van der Waals surface area contributed by atoms with Gasteiger partial charge in [-0.05, 0) is 18.6 Å². The Morgan fingerprint density at radius 1 is 1.35 bits per heavy atom. The monoisotopic (exact) mass is 234 g/mol. The normalized spacial score (nSPS) is 19.4. The highest BCUT2D eigenvalue weighted by molar-refractivity contribution is 6.22. The second-order valence-corrected chi connectivity index (χ2v) is 3.76. The molecule has 0 saturated carbocycles. The van der Waals surface area contributed by atoms with Gasteiger partial charge in [-0.1, -0.05) is 19.1 Å². The van der Waals surface area contributed by atoms with Crippen molar-refractivity contribution in [2.24, 2.45) is 0 Å². The molecule has 1 aromatic carbocycles. The van der Waals surface area contributed by atoms with Gasteiger partial charge >= 0.3 is 6.03 Å². The van der Waals surface area contributed by atoms with Crippen LogP contribution in [0.2, 0.25) is 0 Å². The van der Waals surface area contributed by atoms with Gasteiger partial charge in [-0.25, -0.2) is 9.69 Å². The van der Waals surface area contributed by atoms with Crippen LogP contribution < -0.4 is 15.0 Å². The number of amides is 3. The largest absolute Gasteiger partial charge is 0.495 e. The standard InChI is InChI=1S/C12H14N2O3/c1-3-8-11(15)14(12(16)13-8)9-6-4-5-7-10(9)17-2/h4-8H,3H2,1-2H3,(H,13,16). The average molecular weight is 234 g/mol. The van der Waals surface area contributed by atoms with E-state index in [1.807, 2.05) is 6.92 Å². The lowest BCUT2D eigenvalue weighted by atomic mass is 10.2. The molecule has 90 valence electrons. The zero-order valence-corrected chi connectivity index (χ0v) is 9.77. The van der Waals surface area contributed by atoms with Crippen LogP contribution in [0.1, 0.15) is 13.3 Å². The molecule has 2 rings (SSSR count). The molecule has 1 atom stereocenters. The molecule has 0 bridgehead atoms. The highest BCUT2D eigenvalue weighted by atomic mass is 16.5. The second kappa shape index (κ2) is 4.45. The fourth-order valence-corrected chi connectivity index (χ4v) is 1.85. The molecule has 1 N–H and O–H groups in total. The number of carbonyl (C=O) groups excluding carboxylic acids is 2. The van der Waals surface area contributed by atoms with Crippen LogP contribution in [0.5, 0.6) is 5.75 Å². The Bertz CT molecular complexity index is 459. The Balaban J connectivity index is 2.40. The zero-order valence-electron chi connectivity index (χ0n) is 9.77. The van der Waals surface area contributed by atoms with Crippen LogP contribution in [0.25, 0.3) is 0 Å². The van der Waals surface area contributed by atoms with Crippen molar-refractivity contribution < 1.29 is 14.3 Å². The van der Waals surface area contributed by atoms with Crippen LogP contribution >= 0.6 is 0 Å². The molecule has 17 heavy (non-hydrogen) atoms. The SMILES string of the molecule is CCC1NC(=O)N(c2ccccc2OC)C1=O. The molecule has 1 unspecified atom stereocenters. The van der Waals surface area contributed by atoms with Gasteiger partial charge in [-0.15, -0.1) is 0 Å². The molecule has 5 heteroatoms. The Kier molecular flexibility index (Phi) is 2.99. The first-order chi connectivity index (χ1) is 8.19. The van der Waals surface area contributed by atoms with Crippen molar-refractivity contribution in [2.45, 2.75) is 19.4 Å². The van der Waals surface area contributed by atoms with Gasteiger partial charge in [0.2, 0.25) is 0 Å². The summed E-state index contributed by atoms with van der Waals surface area (Å²) in [5.74, 6) is 0.273. The van der Waals surface area contributed by atoms with Gasteiger partial charge in [0.15, 0.2) is 0 Å². The van der Waals surface area contributed by atoms with Gasteiger partial charge in [0, 0.05) is 0 Å². The third-order valence-electron chi connectivity index (χ3n) is 2.75. The third kappa shape index (κ3) is 1.84. The number of rotatable bonds is 3. The zero-order chi connectivity index (χ0) is 12.4. The second-order valence-electron chi connectivity index (χ2n) is 3.76. The number of imide groups is 1. The van der Waals surface area contributed by atoms with E-state index in [0.29, 0.717) is 17.9 Å². The number of nitrogens with one attached hydrogen (secondary N) is 1. The third-order valence-corrected chi connectivity index (χ3v) is 2.75. The molecule has 1 heterocycles. The van der Waals surface area contributed by atoms with Gasteiger partial charge in [-0.2, -0.15) is 0 Å². The summed E-state index contributed by atoms with van der Waals surface area (Å²) in [6.45, 7) is 1.86. The molecule has 1 fully saturated rings. The minimum atomic E-state index is -0.438. The smallest absolute Gasteiger partial charge is 0.329 e. The fourth-order valence-electron chi connectivity index (χ4n) is 1.85. The number of urea groups is 1. The number of hydrogen-bond donors (Lipinski definition) is 1. The number of ether oxygens (including phenoxy) is 1. The van der Waals surface area contributed by atoms with Crippen LogP contribution in [-0.2, 0) is 4.79 Å². The van der Waals surface area contributed by atoms with E-state index in [1.54, 1.807) is 24.3 Å². The molecule has 1 aliphatic rings. The van der Waals surface area contributed by atoms with Crippen LogP contribution in [0.15, 0.2) is 24.3 Å². The van der Waals surface area contributed by atoms with Crippen LogP contribution in [-0.4, -0.2) is 25.1 Å². The molecule has 0 radical (unpaired) electrons. The number of para-hydroxylation sites is 2. The maximum atomic E-state index is 12.0. The van der Waals surface area contributed by atoms with E-state index >= 15 is 0 Å². The maximum absolute atomic E-state index is 12.0. The van der Waals surface area contributed by atoms with Gasteiger partial charge < -0.3 is 10.1 Å². The van der Waals surface area contributed by atoms with Gasteiger partial charge in [0.05, 0.1) is 12.8 Å². The lowest BCUT2D eigenvalue weighted by Gasteiger charge is -2.15.